The molecule has 3 heteroatoms. The number of nitrogens with one attached hydrogen (secondary N) is 1. The summed E-state index contributed by atoms with van der Waals surface area (Å²) in [6.45, 7) is 5.15. The van der Waals surface area contributed by atoms with E-state index < -0.39 is 0 Å². The Kier molecular flexibility index (Phi) is 2.91. The first kappa shape index (κ1) is 8.56. The first-order valence-corrected chi connectivity index (χ1v) is 4.63. The lowest BCUT2D eigenvalue weighted by Crippen LogP contribution is -2.21. The second-order valence-corrected chi connectivity index (χ2v) is 3.84. The van der Waals surface area contributed by atoms with Gasteiger partial charge in [-0.25, -0.2) is 0 Å². The minimum atomic E-state index is 0.525. The fourth-order valence-electron chi connectivity index (χ4n) is 0.791. The highest BCUT2D eigenvalue weighted by Gasteiger charge is 1.99. The van der Waals surface area contributed by atoms with Crippen LogP contribution >= 0.6 is 11.3 Å². The van der Waals surface area contributed by atoms with Gasteiger partial charge in [0.05, 0.1) is 0 Å². The van der Waals surface area contributed by atoms with Gasteiger partial charge in [0.15, 0.2) is 0 Å². The average molecular weight is 170 g/mol. The lowest BCUT2D eigenvalue weighted by molar-refractivity contribution is 0.594. The molecule has 0 bridgehead atoms. The Hall–Kier alpha value is -0.540. The molecule has 0 saturated carbocycles. The van der Waals surface area contributed by atoms with Crippen molar-refractivity contribution in [3.8, 4) is 0 Å². The van der Waals surface area contributed by atoms with Crippen LogP contribution in [0.4, 0.5) is 5.69 Å². The van der Waals surface area contributed by atoms with Crippen molar-refractivity contribution in [3.63, 3.8) is 0 Å². The SMILES string of the molecule is CC(C)NCc1sccc1N. The molecular weight excluding hydrogens is 156 g/mol. The molecule has 1 heterocycles. The van der Waals surface area contributed by atoms with Crippen LogP contribution in [0, 0.1) is 0 Å². The monoisotopic (exact) mass is 170 g/mol. The maximum Gasteiger partial charge on any atom is 0.0468 e. The number of rotatable bonds is 3. The Morgan fingerprint density at radius 3 is 2.82 bits per heavy atom. The minimum Gasteiger partial charge on any atom is -0.398 e. The van der Waals surface area contributed by atoms with Crippen LogP contribution in [0.5, 0.6) is 0 Å². The maximum atomic E-state index is 5.70. The van der Waals surface area contributed by atoms with E-state index in [1.807, 2.05) is 11.4 Å². The quantitative estimate of drug-likeness (QED) is 0.726. The predicted octanol–water partition coefficient (Wildman–Crippen LogP) is 1.83. The van der Waals surface area contributed by atoms with Crippen molar-refractivity contribution in [2.45, 2.75) is 26.4 Å². The molecule has 11 heavy (non-hydrogen) atoms. The van der Waals surface area contributed by atoms with Crippen LogP contribution in [0.3, 0.4) is 0 Å². The molecular formula is C8H14N2S. The third-order valence-corrected chi connectivity index (χ3v) is 2.39. The second-order valence-electron chi connectivity index (χ2n) is 2.83. The first-order chi connectivity index (χ1) is 5.20. The number of anilines is 1. The average Bonchev–Trinajstić information content (AvgIpc) is 2.31. The van der Waals surface area contributed by atoms with Crippen LogP contribution in [0.2, 0.25) is 0 Å². The highest BCUT2D eigenvalue weighted by molar-refractivity contribution is 7.10. The molecule has 0 aromatic carbocycles. The molecule has 1 aromatic heterocycles. The molecule has 0 saturated heterocycles. The Bertz CT molecular complexity index is 218. The van der Waals surface area contributed by atoms with Crippen molar-refractivity contribution in [2.75, 3.05) is 5.73 Å². The zero-order valence-corrected chi connectivity index (χ0v) is 7.74. The molecule has 0 atom stereocenters. The molecule has 3 N–H and O–H groups in total. The van der Waals surface area contributed by atoms with Gasteiger partial charge in [0.1, 0.15) is 0 Å². The summed E-state index contributed by atoms with van der Waals surface area (Å²) >= 11 is 1.70. The van der Waals surface area contributed by atoms with Crippen molar-refractivity contribution < 1.29 is 0 Å². The normalized spacial score (nSPS) is 10.8. The minimum absolute atomic E-state index is 0.525. The van der Waals surface area contributed by atoms with Crippen molar-refractivity contribution in [2.24, 2.45) is 0 Å². The number of hydrogen-bond donors (Lipinski definition) is 2. The molecule has 0 unspecified atom stereocenters. The molecule has 0 spiro atoms. The maximum absolute atomic E-state index is 5.70. The molecule has 0 aliphatic carbocycles. The summed E-state index contributed by atoms with van der Waals surface area (Å²) in [4.78, 5) is 1.23. The second kappa shape index (κ2) is 3.74. The molecule has 0 radical (unpaired) electrons. The van der Waals surface area contributed by atoms with E-state index in [1.54, 1.807) is 11.3 Å². The largest absolute Gasteiger partial charge is 0.398 e. The van der Waals surface area contributed by atoms with Crippen molar-refractivity contribution in [1.29, 1.82) is 0 Å². The molecule has 0 amide bonds. The van der Waals surface area contributed by atoms with E-state index in [0.29, 0.717) is 6.04 Å². The topological polar surface area (TPSA) is 38.0 Å². The summed E-state index contributed by atoms with van der Waals surface area (Å²) < 4.78 is 0. The van der Waals surface area contributed by atoms with Crippen molar-refractivity contribution in [3.05, 3.63) is 16.3 Å². The Balaban J connectivity index is 2.44. The Morgan fingerprint density at radius 1 is 1.64 bits per heavy atom. The van der Waals surface area contributed by atoms with Crippen LogP contribution in [0.15, 0.2) is 11.4 Å². The fraction of sp³-hybridized carbons (Fsp3) is 0.500. The van der Waals surface area contributed by atoms with Gasteiger partial charge in [-0.2, -0.15) is 0 Å². The van der Waals surface area contributed by atoms with Gasteiger partial charge in [-0.15, -0.1) is 11.3 Å². The highest BCUT2D eigenvalue weighted by Crippen LogP contribution is 2.18. The van der Waals surface area contributed by atoms with Gasteiger partial charge in [0.2, 0.25) is 0 Å². The Labute approximate surface area is 71.4 Å². The zero-order chi connectivity index (χ0) is 8.27. The summed E-state index contributed by atoms with van der Waals surface area (Å²) in [5.41, 5.74) is 6.60. The van der Waals surface area contributed by atoms with Crippen LogP contribution < -0.4 is 11.1 Å². The summed E-state index contributed by atoms with van der Waals surface area (Å²) in [5, 5.41) is 5.34. The molecule has 1 rings (SSSR count). The van der Waals surface area contributed by atoms with Gasteiger partial charge >= 0.3 is 0 Å². The van der Waals surface area contributed by atoms with E-state index in [1.165, 1.54) is 4.88 Å². The lowest BCUT2D eigenvalue weighted by Gasteiger charge is -2.06. The van der Waals surface area contributed by atoms with E-state index in [2.05, 4.69) is 19.2 Å². The summed E-state index contributed by atoms with van der Waals surface area (Å²) in [6.07, 6.45) is 0. The number of nitrogen functional groups attached to an aromatic ring is 1. The van der Waals surface area contributed by atoms with E-state index in [9.17, 15) is 0 Å². The molecule has 0 aliphatic heterocycles. The van der Waals surface area contributed by atoms with E-state index >= 15 is 0 Å². The van der Waals surface area contributed by atoms with Crippen LogP contribution in [-0.2, 0) is 6.54 Å². The third kappa shape index (κ3) is 2.52. The van der Waals surface area contributed by atoms with Gasteiger partial charge in [0, 0.05) is 23.2 Å². The van der Waals surface area contributed by atoms with Crippen LogP contribution in [0.1, 0.15) is 18.7 Å². The Morgan fingerprint density at radius 2 is 2.36 bits per heavy atom. The number of hydrogen-bond acceptors (Lipinski definition) is 3. The lowest BCUT2D eigenvalue weighted by atomic mass is 10.3. The number of thiophene rings is 1. The molecule has 0 aliphatic rings. The van der Waals surface area contributed by atoms with Crippen LogP contribution in [0.25, 0.3) is 0 Å². The molecule has 0 fully saturated rings. The van der Waals surface area contributed by atoms with Crippen molar-refractivity contribution >= 4 is 17.0 Å². The third-order valence-electron chi connectivity index (χ3n) is 1.45. The van der Waals surface area contributed by atoms with E-state index in [4.69, 9.17) is 5.73 Å². The van der Waals surface area contributed by atoms with E-state index in [0.717, 1.165) is 12.2 Å². The fourth-order valence-corrected chi connectivity index (χ4v) is 1.54. The molecule has 1 aromatic rings. The summed E-state index contributed by atoms with van der Waals surface area (Å²) in [5.74, 6) is 0. The molecule has 2 nitrogen and oxygen atoms in total. The van der Waals surface area contributed by atoms with Gasteiger partial charge in [-0.05, 0) is 11.4 Å². The highest BCUT2D eigenvalue weighted by atomic mass is 32.1. The standard InChI is InChI=1S/C8H14N2S/c1-6(2)10-5-8-7(9)3-4-11-8/h3-4,6,10H,5,9H2,1-2H3. The van der Waals surface area contributed by atoms with Gasteiger partial charge in [-0.3, -0.25) is 0 Å². The first-order valence-electron chi connectivity index (χ1n) is 3.75. The molecule has 62 valence electrons. The van der Waals surface area contributed by atoms with Gasteiger partial charge in [0.25, 0.3) is 0 Å². The van der Waals surface area contributed by atoms with E-state index in [-0.39, 0.29) is 0 Å². The number of nitrogens with two attached hydrogens (primary N) is 1. The van der Waals surface area contributed by atoms with Crippen LogP contribution in [-0.4, -0.2) is 6.04 Å². The summed E-state index contributed by atoms with van der Waals surface area (Å²) in [6, 6.07) is 2.47. The van der Waals surface area contributed by atoms with Gasteiger partial charge < -0.3 is 11.1 Å². The predicted molar refractivity (Wildman–Crippen MR) is 50.7 cm³/mol. The zero-order valence-electron chi connectivity index (χ0n) is 6.92. The smallest absolute Gasteiger partial charge is 0.0468 e. The van der Waals surface area contributed by atoms with Gasteiger partial charge in [-0.1, -0.05) is 13.8 Å². The summed E-state index contributed by atoms with van der Waals surface area (Å²) in [7, 11) is 0. The van der Waals surface area contributed by atoms with Crippen molar-refractivity contribution in [1.82, 2.24) is 5.32 Å².